The molecule has 0 aromatic heterocycles. The molecule has 19 heavy (non-hydrogen) atoms. The third-order valence-electron chi connectivity index (χ3n) is 2.41. The third kappa shape index (κ3) is 3.58. The summed E-state index contributed by atoms with van der Waals surface area (Å²) in [6.45, 7) is 0. The van der Waals surface area contributed by atoms with E-state index in [9.17, 15) is 4.79 Å². The molecule has 0 unspecified atom stereocenters. The second kappa shape index (κ2) is 6.07. The Bertz CT molecular complexity index is 644. The summed E-state index contributed by atoms with van der Waals surface area (Å²) in [5.74, 6) is -0.224. The van der Waals surface area contributed by atoms with Crippen LogP contribution in [0.4, 0.5) is 11.4 Å². The molecule has 2 aromatic rings. The number of anilines is 2. The Labute approximate surface area is 136 Å². The van der Waals surface area contributed by atoms with Gasteiger partial charge >= 0.3 is 0 Å². The predicted octanol–water partition coefficient (Wildman–Crippen LogP) is 4.81. The van der Waals surface area contributed by atoms with Gasteiger partial charge in [-0.25, -0.2) is 0 Å². The van der Waals surface area contributed by atoms with Crippen LogP contribution in [0.25, 0.3) is 0 Å². The van der Waals surface area contributed by atoms with E-state index in [0.717, 1.165) is 8.95 Å². The van der Waals surface area contributed by atoms with Crippen LogP contribution in [0.5, 0.6) is 0 Å². The summed E-state index contributed by atoms with van der Waals surface area (Å²) in [6, 6.07) is 10.7. The van der Waals surface area contributed by atoms with Gasteiger partial charge in [-0.2, -0.15) is 0 Å². The molecule has 2 rings (SSSR count). The second-order valence-corrected chi connectivity index (χ2v) is 6.44. The molecule has 0 aliphatic carbocycles. The molecule has 0 radical (unpaired) electrons. The highest BCUT2D eigenvalue weighted by molar-refractivity contribution is 9.11. The van der Waals surface area contributed by atoms with Crippen LogP contribution in [0, 0.1) is 0 Å². The van der Waals surface area contributed by atoms with Crippen LogP contribution >= 0.6 is 47.8 Å². The zero-order valence-electron chi connectivity index (χ0n) is 9.58. The SMILES string of the molecule is Nc1ccc(Br)c(C(=O)Nc2cc(Br)ccc2Br)c1. The van der Waals surface area contributed by atoms with Crippen molar-refractivity contribution in [2.75, 3.05) is 11.1 Å². The van der Waals surface area contributed by atoms with Crippen LogP contribution in [0.15, 0.2) is 49.8 Å². The fourth-order valence-electron chi connectivity index (χ4n) is 1.50. The number of hydrogen-bond donors (Lipinski definition) is 2. The summed E-state index contributed by atoms with van der Waals surface area (Å²) in [6.07, 6.45) is 0. The van der Waals surface area contributed by atoms with E-state index in [1.54, 1.807) is 18.2 Å². The zero-order valence-corrected chi connectivity index (χ0v) is 14.3. The fourth-order valence-corrected chi connectivity index (χ4v) is 2.63. The van der Waals surface area contributed by atoms with Gasteiger partial charge in [0, 0.05) is 19.1 Å². The van der Waals surface area contributed by atoms with Crippen LogP contribution in [0.1, 0.15) is 10.4 Å². The quantitative estimate of drug-likeness (QED) is 0.648. The van der Waals surface area contributed by atoms with Crippen molar-refractivity contribution < 1.29 is 4.79 Å². The minimum Gasteiger partial charge on any atom is -0.399 e. The number of amides is 1. The van der Waals surface area contributed by atoms with E-state index in [4.69, 9.17) is 5.73 Å². The van der Waals surface area contributed by atoms with Crippen molar-refractivity contribution >= 4 is 65.1 Å². The number of carbonyl (C=O) groups is 1. The number of benzene rings is 2. The lowest BCUT2D eigenvalue weighted by Crippen LogP contribution is -2.13. The molecule has 0 bridgehead atoms. The Hall–Kier alpha value is -0.850. The van der Waals surface area contributed by atoms with Crippen LogP contribution in [0.3, 0.4) is 0 Å². The maximum Gasteiger partial charge on any atom is 0.256 e. The predicted molar refractivity (Wildman–Crippen MR) is 88.3 cm³/mol. The molecule has 0 spiro atoms. The van der Waals surface area contributed by atoms with Crippen molar-refractivity contribution in [1.29, 1.82) is 0 Å². The average molecular weight is 449 g/mol. The van der Waals surface area contributed by atoms with Crippen molar-refractivity contribution in [3.05, 3.63) is 55.4 Å². The first-order valence-electron chi connectivity index (χ1n) is 5.29. The van der Waals surface area contributed by atoms with Gasteiger partial charge in [0.05, 0.1) is 11.3 Å². The van der Waals surface area contributed by atoms with Gasteiger partial charge in [-0.05, 0) is 68.3 Å². The Kier molecular flexibility index (Phi) is 4.65. The molecule has 0 fully saturated rings. The molecule has 1 amide bonds. The molecule has 3 N–H and O–H groups in total. The number of rotatable bonds is 2. The molecule has 0 aliphatic rings. The number of nitrogen functional groups attached to an aromatic ring is 1. The van der Waals surface area contributed by atoms with Gasteiger partial charge in [0.1, 0.15) is 0 Å². The number of hydrogen-bond acceptors (Lipinski definition) is 2. The van der Waals surface area contributed by atoms with Gasteiger partial charge in [0.2, 0.25) is 0 Å². The lowest BCUT2D eigenvalue weighted by Gasteiger charge is -2.09. The zero-order chi connectivity index (χ0) is 14.0. The highest BCUT2D eigenvalue weighted by Gasteiger charge is 2.12. The van der Waals surface area contributed by atoms with Crippen molar-refractivity contribution in [2.24, 2.45) is 0 Å². The fraction of sp³-hybridized carbons (Fsp3) is 0. The summed E-state index contributed by atoms with van der Waals surface area (Å²) in [5, 5.41) is 2.83. The topological polar surface area (TPSA) is 55.1 Å². The van der Waals surface area contributed by atoms with E-state index < -0.39 is 0 Å². The monoisotopic (exact) mass is 446 g/mol. The van der Waals surface area contributed by atoms with Crippen LogP contribution in [-0.4, -0.2) is 5.91 Å². The molecule has 0 heterocycles. The maximum atomic E-state index is 12.2. The molecule has 2 aromatic carbocycles. The average Bonchev–Trinajstić information content (AvgIpc) is 2.36. The maximum absolute atomic E-state index is 12.2. The third-order valence-corrected chi connectivity index (χ3v) is 4.29. The van der Waals surface area contributed by atoms with Gasteiger partial charge in [0.15, 0.2) is 0 Å². The van der Waals surface area contributed by atoms with Gasteiger partial charge < -0.3 is 11.1 Å². The van der Waals surface area contributed by atoms with Gasteiger partial charge in [-0.1, -0.05) is 15.9 Å². The van der Waals surface area contributed by atoms with Crippen molar-refractivity contribution in [1.82, 2.24) is 0 Å². The number of nitrogens with two attached hydrogens (primary N) is 1. The van der Waals surface area contributed by atoms with E-state index in [2.05, 4.69) is 53.1 Å². The van der Waals surface area contributed by atoms with Crippen molar-refractivity contribution in [3.8, 4) is 0 Å². The summed E-state index contributed by atoms with van der Waals surface area (Å²) in [5.41, 5.74) is 7.42. The minimum absolute atomic E-state index is 0.224. The Balaban J connectivity index is 2.30. The van der Waals surface area contributed by atoms with E-state index in [1.807, 2.05) is 18.2 Å². The van der Waals surface area contributed by atoms with Gasteiger partial charge in [-0.15, -0.1) is 0 Å². The largest absolute Gasteiger partial charge is 0.399 e. The lowest BCUT2D eigenvalue weighted by molar-refractivity contribution is 0.102. The summed E-state index contributed by atoms with van der Waals surface area (Å²) >= 11 is 10.1. The Morgan fingerprint density at radius 3 is 2.42 bits per heavy atom. The summed E-state index contributed by atoms with van der Waals surface area (Å²) in [4.78, 5) is 12.2. The summed E-state index contributed by atoms with van der Waals surface area (Å²) < 4.78 is 2.40. The Morgan fingerprint density at radius 1 is 1.00 bits per heavy atom. The molecule has 0 saturated carbocycles. The van der Waals surface area contributed by atoms with E-state index in [1.165, 1.54) is 0 Å². The molecule has 0 aliphatic heterocycles. The molecule has 98 valence electrons. The normalized spacial score (nSPS) is 10.3. The van der Waals surface area contributed by atoms with Gasteiger partial charge in [0.25, 0.3) is 5.91 Å². The first-order chi connectivity index (χ1) is 8.97. The van der Waals surface area contributed by atoms with Crippen LogP contribution in [0.2, 0.25) is 0 Å². The second-order valence-electron chi connectivity index (χ2n) is 3.82. The molecule has 0 saturated heterocycles. The minimum atomic E-state index is -0.224. The highest BCUT2D eigenvalue weighted by atomic mass is 79.9. The first-order valence-corrected chi connectivity index (χ1v) is 7.66. The molecule has 3 nitrogen and oxygen atoms in total. The van der Waals surface area contributed by atoms with Crippen molar-refractivity contribution in [2.45, 2.75) is 0 Å². The van der Waals surface area contributed by atoms with Crippen LogP contribution in [-0.2, 0) is 0 Å². The molecule has 0 atom stereocenters. The first kappa shape index (κ1) is 14.6. The molecular formula is C13H9Br3N2O. The Morgan fingerprint density at radius 2 is 1.68 bits per heavy atom. The molecular weight excluding hydrogens is 440 g/mol. The van der Waals surface area contributed by atoms with E-state index in [0.29, 0.717) is 21.4 Å². The summed E-state index contributed by atoms with van der Waals surface area (Å²) in [7, 11) is 0. The highest BCUT2D eigenvalue weighted by Crippen LogP contribution is 2.28. The number of carbonyl (C=O) groups excluding carboxylic acids is 1. The lowest BCUT2D eigenvalue weighted by atomic mass is 10.2. The number of nitrogens with one attached hydrogen (secondary N) is 1. The van der Waals surface area contributed by atoms with Crippen LogP contribution < -0.4 is 11.1 Å². The van der Waals surface area contributed by atoms with Crippen molar-refractivity contribution in [3.63, 3.8) is 0 Å². The van der Waals surface area contributed by atoms with E-state index >= 15 is 0 Å². The van der Waals surface area contributed by atoms with E-state index in [-0.39, 0.29) is 5.91 Å². The smallest absolute Gasteiger partial charge is 0.256 e. The van der Waals surface area contributed by atoms with Gasteiger partial charge in [-0.3, -0.25) is 4.79 Å². The molecule has 6 heteroatoms. The standard InChI is InChI=1S/C13H9Br3N2O/c14-7-1-3-11(16)12(5-7)18-13(19)9-6-8(17)2-4-10(9)15/h1-6H,17H2,(H,18,19). The number of halogens is 3.